The smallest absolute Gasteiger partial charge is 0.410 e. The highest BCUT2D eigenvalue weighted by Gasteiger charge is 2.38. The van der Waals surface area contributed by atoms with E-state index in [-0.39, 0.29) is 30.1 Å². The highest BCUT2D eigenvalue weighted by Crippen LogP contribution is 2.37. The van der Waals surface area contributed by atoms with Gasteiger partial charge in [-0.15, -0.1) is 0 Å². The van der Waals surface area contributed by atoms with Gasteiger partial charge in [0.1, 0.15) is 6.61 Å². The molecule has 2 amide bonds. The van der Waals surface area contributed by atoms with Gasteiger partial charge in [0.15, 0.2) is 11.5 Å². The molecule has 13 heteroatoms. The summed E-state index contributed by atoms with van der Waals surface area (Å²) in [4.78, 5) is 48.9. The molecule has 9 rings (SSSR count). The molecule has 0 saturated carbocycles. The molecule has 6 aromatic rings. The molecule has 2 unspecified atom stereocenters. The van der Waals surface area contributed by atoms with Gasteiger partial charge >= 0.3 is 6.09 Å². The number of H-pyrrole nitrogens is 2. The molecule has 348 valence electrons. The number of methoxy groups -OCH3 is 2. The fourth-order valence-corrected chi connectivity index (χ4v) is 9.38. The van der Waals surface area contributed by atoms with Gasteiger partial charge in [0.25, 0.3) is 5.91 Å². The summed E-state index contributed by atoms with van der Waals surface area (Å²) in [5.41, 5.74) is 17.8. The number of aromatic amines is 2. The molecular weight excluding hydrogens is 833 g/mol. The number of benzene rings is 4. The molecule has 0 spiro atoms. The zero-order valence-electron chi connectivity index (χ0n) is 38.9. The number of nitrogens with one attached hydrogen (secondary N) is 3. The lowest BCUT2D eigenvalue weighted by Gasteiger charge is -2.34. The number of fused-ring (bicyclic) bond motifs is 7. The molecule has 2 atom stereocenters. The molecule has 13 nitrogen and oxygen atoms in total. The minimum absolute atomic E-state index is 0.0394. The molecule has 0 bridgehead atoms. The Bertz CT molecular complexity index is 2660. The lowest BCUT2D eigenvalue weighted by Crippen LogP contribution is -2.38. The fraction of sp³-hybridized carbons (Fsp3) is 0.377. The minimum atomic E-state index is -0.532. The van der Waals surface area contributed by atoms with Crippen molar-refractivity contribution >= 4 is 51.0 Å². The van der Waals surface area contributed by atoms with Crippen molar-refractivity contribution in [3.63, 3.8) is 0 Å². The van der Waals surface area contributed by atoms with E-state index in [9.17, 15) is 19.5 Å². The molecular formula is C53H64N6O7. The number of nitrogen functional groups attached to an aromatic ring is 1. The van der Waals surface area contributed by atoms with Crippen LogP contribution in [0.1, 0.15) is 91.1 Å². The van der Waals surface area contributed by atoms with Gasteiger partial charge in [-0.05, 0) is 123 Å². The SMILES string of the molecule is C=CN1Cc2[nH]c3cccc(NC(=O)C(=O)CCCCCCc4ccc5[nH]c6c(c5c4)CC4COC(=O)N4C6)c3c2CC1CCC.COc1cccc(OC)c1O.Cc1cccc(C)c1N. The van der Waals surface area contributed by atoms with Gasteiger partial charge < -0.3 is 45.2 Å². The molecule has 3 aliphatic heterocycles. The van der Waals surface area contributed by atoms with Gasteiger partial charge in [0.2, 0.25) is 11.5 Å². The number of carbonyl (C=O) groups is 3. The van der Waals surface area contributed by atoms with Crippen LogP contribution in [0.2, 0.25) is 0 Å². The van der Waals surface area contributed by atoms with E-state index in [4.69, 9.17) is 19.9 Å². The summed E-state index contributed by atoms with van der Waals surface area (Å²) in [7, 11) is 2.99. The average molecular weight is 897 g/mol. The Morgan fingerprint density at radius 1 is 0.894 bits per heavy atom. The number of phenols is 1. The summed E-state index contributed by atoms with van der Waals surface area (Å²) in [6, 6.07) is 24.1. The number of amides is 2. The summed E-state index contributed by atoms with van der Waals surface area (Å²) in [6.07, 6.45) is 10.5. The predicted octanol–water partition coefficient (Wildman–Crippen LogP) is 10.2. The van der Waals surface area contributed by atoms with Crippen LogP contribution < -0.4 is 20.5 Å². The van der Waals surface area contributed by atoms with Gasteiger partial charge in [-0.1, -0.05) is 69.2 Å². The Morgan fingerprint density at radius 2 is 1.58 bits per heavy atom. The fourth-order valence-electron chi connectivity index (χ4n) is 9.38. The van der Waals surface area contributed by atoms with E-state index in [1.54, 1.807) is 18.2 Å². The normalized spacial score (nSPS) is 15.9. The maximum Gasteiger partial charge on any atom is 0.410 e. The number of ketones is 1. The van der Waals surface area contributed by atoms with Crippen molar-refractivity contribution in [1.29, 1.82) is 0 Å². The lowest BCUT2D eigenvalue weighted by atomic mass is 9.93. The van der Waals surface area contributed by atoms with Crippen molar-refractivity contribution in [1.82, 2.24) is 19.8 Å². The van der Waals surface area contributed by atoms with Gasteiger partial charge in [-0.25, -0.2) is 4.79 Å². The third-order valence-corrected chi connectivity index (χ3v) is 13.1. The van der Waals surface area contributed by atoms with E-state index in [1.807, 2.05) is 61.3 Å². The molecule has 4 aromatic carbocycles. The zero-order valence-corrected chi connectivity index (χ0v) is 38.9. The van der Waals surface area contributed by atoms with E-state index in [2.05, 4.69) is 51.9 Å². The molecule has 3 aliphatic rings. The molecule has 2 aromatic heterocycles. The summed E-state index contributed by atoms with van der Waals surface area (Å²) in [5.74, 6) is -0.0132. The van der Waals surface area contributed by atoms with E-state index in [1.165, 1.54) is 36.3 Å². The van der Waals surface area contributed by atoms with E-state index in [0.29, 0.717) is 42.8 Å². The third kappa shape index (κ3) is 10.5. The Morgan fingerprint density at radius 3 is 2.27 bits per heavy atom. The maximum absolute atomic E-state index is 13.0. The standard InChI is InChI=1S/C37H43N5O4.C8H11N.C8H10O3/c1-3-10-24-18-28-32(20-41(24)4-2)39-30-12-9-13-31(35(28)30)40-36(44)34(43)14-8-6-5-7-11-23-15-16-29-26(17-23)27-19-25-22-46-37(45)42(25)21-33(27)38-29;1-6-4-3-5-7(2)8(6)9;1-10-6-4-3-5-7(11-2)8(6)9/h4,9,12-13,15-17,24-25,38-39H,2-3,5-8,10-11,14,18-22H2,1H3,(H,40,44);3-5H,9H2,1-2H3;3-5,9H,1-2H3. The predicted molar refractivity (Wildman–Crippen MR) is 261 cm³/mol. The van der Waals surface area contributed by atoms with Crippen LogP contribution >= 0.6 is 0 Å². The Kier molecular flexibility index (Phi) is 15.3. The Hall–Kier alpha value is -6.89. The second-order valence-corrected chi connectivity index (χ2v) is 17.4. The highest BCUT2D eigenvalue weighted by molar-refractivity contribution is 6.41. The highest BCUT2D eigenvalue weighted by atomic mass is 16.6. The van der Waals surface area contributed by atoms with E-state index >= 15 is 0 Å². The van der Waals surface area contributed by atoms with Gasteiger partial charge in [-0.3, -0.25) is 14.5 Å². The second kappa shape index (κ2) is 21.4. The first-order valence-corrected chi connectivity index (χ1v) is 23.1. The van der Waals surface area contributed by atoms with Crippen molar-refractivity contribution in [2.24, 2.45) is 0 Å². The number of anilines is 2. The quantitative estimate of drug-likeness (QED) is 0.0405. The van der Waals surface area contributed by atoms with Crippen LogP contribution in [-0.4, -0.2) is 75.6 Å². The molecule has 0 aliphatic carbocycles. The van der Waals surface area contributed by atoms with Crippen molar-refractivity contribution < 1.29 is 33.7 Å². The summed E-state index contributed by atoms with van der Waals surface area (Å²) in [6.45, 7) is 12.1. The second-order valence-electron chi connectivity index (χ2n) is 17.4. The van der Waals surface area contributed by atoms with Crippen molar-refractivity contribution in [3.05, 3.63) is 125 Å². The van der Waals surface area contributed by atoms with Crippen LogP contribution in [0.15, 0.2) is 85.6 Å². The number of aromatic nitrogens is 2. The molecule has 1 saturated heterocycles. The summed E-state index contributed by atoms with van der Waals surface area (Å²) >= 11 is 0. The first-order chi connectivity index (χ1) is 31.9. The lowest BCUT2D eigenvalue weighted by molar-refractivity contribution is -0.134. The number of nitrogens with two attached hydrogens (primary N) is 1. The van der Waals surface area contributed by atoms with Crippen LogP contribution in [-0.2, 0) is 46.7 Å². The first-order valence-electron chi connectivity index (χ1n) is 23.1. The van der Waals surface area contributed by atoms with E-state index in [0.717, 1.165) is 103 Å². The van der Waals surface area contributed by atoms with Crippen molar-refractivity contribution in [2.75, 3.05) is 31.9 Å². The largest absolute Gasteiger partial charge is 0.502 e. The van der Waals surface area contributed by atoms with Crippen LogP contribution in [0.3, 0.4) is 0 Å². The molecule has 0 radical (unpaired) electrons. The molecule has 5 heterocycles. The number of Topliss-reactive ketones (excluding diaryl/α,β-unsaturated/α-hetero) is 1. The van der Waals surface area contributed by atoms with Crippen LogP contribution in [0.5, 0.6) is 17.2 Å². The average Bonchev–Trinajstić information content (AvgIpc) is 4.00. The van der Waals surface area contributed by atoms with Gasteiger partial charge in [-0.2, -0.15) is 0 Å². The van der Waals surface area contributed by atoms with Crippen LogP contribution in [0.4, 0.5) is 16.2 Å². The first kappa shape index (κ1) is 47.1. The minimum Gasteiger partial charge on any atom is -0.502 e. The number of carbonyl (C=O) groups excluding carboxylic acids is 3. The Labute approximate surface area is 387 Å². The number of cyclic esters (lactones) is 1. The number of aryl methyl sites for hydroxylation is 3. The number of phenolic OH excluding ortho intramolecular Hbond substituents is 1. The molecule has 66 heavy (non-hydrogen) atoms. The maximum atomic E-state index is 13.0. The van der Waals surface area contributed by atoms with Gasteiger partial charge in [0, 0.05) is 51.3 Å². The van der Waals surface area contributed by atoms with Crippen LogP contribution in [0, 0.1) is 13.8 Å². The number of hydrogen-bond acceptors (Lipinski definition) is 9. The summed E-state index contributed by atoms with van der Waals surface area (Å²) < 4.78 is 15.0. The van der Waals surface area contributed by atoms with Crippen molar-refractivity contribution in [3.8, 4) is 17.2 Å². The molecule has 6 N–H and O–H groups in total. The number of ether oxygens (including phenoxy) is 3. The van der Waals surface area contributed by atoms with Crippen LogP contribution in [0.25, 0.3) is 21.8 Å². The topological polar surface area (TPSA) is 175 Å². The number of nitrogens with zero attached hydrogens (tertiary/aromatic N) is 2. The van der Waals surface area contributed by atoms with Gasteiger partial charge in [0.05, 0.1) is 39.0 Å². The van der Waals surface area contributed by atoms with Crippen molar-refractivity contribution in [2.45, 2.75) is 110 Å². The number of unbranched alkanes of at least 4 members (excludes halogenated alkanes) is 3. The summed E-state index contributed by atoms with van der Waals surface area (Å²) in [5, 5.41) is 14.6. The number of aromatic hydroxyl groups is 1. The zero-order chi connectivity index (χ0) is 46.9. The van der Waals surface area contributed by atoms with E-state index < -0.39 is 5.91 Å². The third-order valence-electron chi connectivity index (χ3n) is 13.1. The number of para-hydroxylation sites is 2. The monoisotopic (exact) mass is 896 g/mol. The number of rotatable bonds is 14. The number of hydrogen-bond donors (Lipinski definition) is 5. The Balaban J connectivity index is 0.000000266. The molecule has 1 fully saturated rings.